The number of rotatable bonds is 5. The summed E-state index contributed by atoms with van der Waals surface area (Å²) in [6, 6.07) is 9.22. The van der Waals surface area contributed by atoms with Gasteiger partial charge in [-0.05, 0) is 25.8 Å². The summed E-state index contributed by atoms with van der Waals surface area (Å²) in [7, 11) is 0. The lowest BCUT2D eigenvalue weighted by Gasteiger charge is -2.25. The second-order valence-electron chi connectivity index (χ2n) is 5.25. The molecule has 106 valence electrons. The third-order valence-electron chi connectivity index (χ3n) is 3.04. The van der Waals surface area contributed by atoms with Gasteiger partial charge >= 0.3 is 0 Å². The van der Waals surface area contributed by atoms with Gasteiger partial charge in [0.25, 0.3) is 0 Å². The smallest absolute Gasteiger partial charge is 0.238 e. The van der Waals surface area contributed by atoms with E-state index < -0.39 is 11.6 Å². The first-order chi connectivity index (χ1) is 9.49. The maximum absolute atomic E-state index is 12.2. The molecule has 0 aliphatic carbocycles. The Morgan fingerprint density at radius 2 is 2.10 bits per heavy atom. The molecule has 0 saturated heterocycles. The van der Waals surface area contributed by atoms with Gasteiger partial charge in [0.05, 0.1) is 11.6 Å². The van der Waals surface area contributed by atoms with E-state index in [-0.39, 0.29) is 5.91 Å². The van der Waals surface area contributed by atoms with E-state index in [9.17, 15) is 4.79 Å². The second-order valence-corrected chi connectivity index (χ2v) is 6.14. The van der Waals surface area contributed by atoms with E-state index in [1.165, 1.54) is 11.3 Å². The fourth-order valence-electron chi connectivity index (χ4n) is 1.95. The molecule has 1 heterocycles. The average Bonchev–Trinajstić information content (AvgIpc) is 2.94. The number of nitrogens with two attached hydrogens (primary N) is 1. The number of aromatic nitrogens is 1. The molecule has 3 N–H and O–H groups in total. The highest BCUT2D eigenvalue weighted by Crippen LogP contribution is 2.22. The van der Waals surface area contributed by atoms with Crippen LogP contribution in [0.25, 0.3) is 0 Å². The van der Waals surface area contributed by atoms with Gasteiger partial charge < -0.3 is 11.1 Å². The third kappa shape index (κ3) is 3.65. The average molecular weight is 289 g/mol. The maximum Gasteiger partial charge on any atom is 0.238 e. The molecule has 0 radical (unpaired) electrons. The van der Waals surface area contributed by atoms with Crippen LogP contribution in [0.15, 0.2) is 41.9 Å². The molecule has 0 fully saturated rings. The van der Waals surface area contributed by atoms with E-state index in [0.29, 0.717) is 6.42 Å². The van der Waals surface area contributed by atoms with Gasteiger partial charge in [-0.25, -0.2) is 4.98 Å². The number of hydrogen-bond acceptors (Lipinski definition) is 4. The molecular formula is C15H19N3OS. The molecule has 1 aromatic carbocycles. The fourth-order valence-corrected chi connectivity index (χ4v) is 2.67. The van der Waals surface area contributed by atoms with E-state index in [1.807, 2.05) is 49.6 Å². The van der Waals surface area contributed by atoms with E-state index in [1.54, 1.807) is 6.20 Å². The van der Waals surface area contributed by atoms with Gasteiger partial charge in [0, 0.05) is 11.6 Å². The minimum atomic E-state index is -0.559. The summed E-state index contributed by atoms with van der Waals surface area (Å²) in [6.07, 6.45) is 2.26. The van der Waals surface area contributed by atoms with Crippen LogP contribution in [0.2, 0.25) is 0 Å². The maximum atomic E-state index is 12.2. The van der Waals surface area contributed by atoms with Crippen molar-refractivity contribution in [1.82, 2.24) is 10.3 Å². The molecular weight excluding hydrogens is 270 g/mol. The van der Waals surface area contributed by atoms with Crippen LogP contribution in [0, 0.1) is 0 Å². The van der Waals surface area contributed by atoms with Crippen molar-refractivity contribution in [2.45, 2.75) is 31.8 Å². The van der Waals surface area contributed by atoms with Crippen molar-refractivity contribution in [3.8, 4) is 0 Å². The first-order valence-corrected chi connectivity index (χ1v) is 7.38. The SMILES string of the molecule is CC(C)(NC(=O)C(N)Cc1ccccc1)c1nccs1. The van der Waals surface area contributed by atoms with E-state index in [2.05, 4.69) is 10.3 Å². The molecule has 0 aliphatic rings. The van der Waals surface area contributed by atoms with Crippen molar-refractivity contribution >= 4 is 17.2 Å². The number of carbonyl (C=O) groups excluding carboxylic acids is 1. The predicted octanol–water partition coefficient (Wildman–Crippen LogP) is 2.06. The van der Waals surface area contributed by atoms with Crippen LogP contribution in [0.4, 0.5) is 0 Å². The van der Waals surface area contributed by atoms with Crippen molar-refractivity contribution in [1.29, 1.82) is 0 Å². The molecule has 20 heavy (non-hydrogen) atoms. The third-order valence-corrected chi connectivity index (χ3v) is 4.13. The molecule has 4 nitrogen and oxygen atoms in total. The van der Waals surface area contributed by atoms with Crippen LogP contribution in [0.3, 0.4) is 0 Å². The predicted molar refractivity (Wildman–Crippen MR) is 81.4 cm³/mol. The van der Waals surface area contributed by atoms with Crippen LogP contribution < -0.4 is 11.1 Å². The highest BCUT2D eigenvalue weighted by atomic mass is 32.1. The van der Waals surface area contributed by atoms with Crippen LogP contribution in [-0.2, 0) is 16.8 Å². The molecule has 1 aromatic heterocycles. The summed E-state index contributed by atoms with van der Waals surface area (Å²) < 4.78 is 0. The van der Waals surface area contributed by atoms with Gasteiger partial charge in [0.2, 0.25) is 5.91 Å². The summed E-state index contributed by atoms with van der Waals surface area (Å²) in [5.41, 5.74) is 6.54. The number of nitrogens with zero attached hydrogens (tertiary/aromatic N) is 1. The zero-order chi connectivity index (χ0) is 14.6. The Bertz CT molecular complexity index is 552. The molecule has 0 aliphatic heterocycles. The van der Waals surface area contributed by atoms with Crippen LogP contribution in [0.1, 0.15) is 24.4 Å². The van der Waals surface area contributed by atoms with Gasteiger partial charge in [0.1, 0.15) is 5.01 Å². The Hall–Kier alpha value is -1.72. The zero-order valence-electron chi connectivity index (χ0n) is 11.7. The van der Waals surface area contributed by atoms with E-state index in [0.717, 1.165) is 10.6 Å². The van der Waals surface area contributed by atoms with Crippen molar-refractivity contribution in [3.63, 3.8) is 0 Å². The summed E-state index contributed by atoms with van der Waals surface area (Å²) in [5, 5.41) is 5.73. The monoisotopic (exact) mass is 289 g/mol. The summed E-state index contributed by atoms with van der Waals surface area (Å²) in [4.78, 5) is 16.4. The van der Waals surface area contributed by atoms with E-state index in [4.69, 9.17) is 5.73 Å². The Kier molecular flexibility index (Phi) is 4.52. The van der Waals surface area contributed by atoms with Crippen molar-refractivity contribution < 1.29 is 4.79 Å². The van der Waals surface area contributed by atoms with Crippen LogP contribution >= 0.6 is 11.3 Å². The topological polar surface area (TPSA) is 68.0 Å². The second kappa shape index (κ2) is 6.15. The summed E-state index contributed by atoms with van der Waals surface area (Å²) >= 11 is 1.52. The Labute approximate surface area is 123 Å². The molecule has 5 heteroatoms. The van der Waals surface area contributed by atoms with Gasteiger partial charge in [0.15, 0.2) is 0 Å². The molecule has 2 rings (SSSR count). The fraction of sp³-hybridized carbons (Fsp3) is 0.333. The quantitative estimate of drug-likeness (QED) is 0.885. The minimum absolute atomic E-state index is 0.158. The molecule has 0 saturated carbocycles. The van der Waals surface area contributed by atoms with Crippen LogP contribution in [-0.4, -0.2) is 16.9 Å². The van der Waals surface area contributed by atoms with Gasteiger partial charge in [-0.1, -0.05) is 30.3 Å². The van der Waals surface area contributed by atoms with Gasteiger partial charge in [-0.15, -0.1) is 11.3 Å². The first kappa shape index (κ1) is 14.7. The van der Waals surface area contributed by atoms with Crippen LogP contribution in [0.5, 0.6) is 0 Å². The molecule has 2 aromatic rings. The summed E-state index contributed by atoms with van der Waals surface area (Å²) in [6.45, 7) is 3.86. The largest absolute Gasteiger partial charge is 0.343 e. The lowest BCUT2D eigenvalue weighted by atomic mass is 10.0. The highest BCUT2D eigenvalue weighted by Gasteiger charge is 2.27. The standard InChI is InChI=1S/C15H19N3OS/c1-15(2,14-17-8-9-20-14)18-13(19)12(16)10-11-6-4-3-5-7-11/h3-9,12H,10,16H2,1-2H3,(H,18,19). The van der Waals surface area contributed by atoms with Gasteiger partial charge in [-0.3, -0.25) is 4.79 Å². The zero-order valence-corrected chi connectivity index (χ0v) is 12.5. The Morgan fingerprint density at radius 3 is 2.70 bits per heavy atom. The van der Waals surface area contributed by atoms with Gasteiger partial charge in [-0.2, -0.15) is 0 Å². The lowest BCUT2D eigenvalue weighted by molar-refractivity contribution is -0.124. The first-order valence-electron chi connectivity index (χ1n) is 6.50. The number of nitrogens with one attached hydrogen (secondary N) is 1. The van der Waals surface area contributed by atoms with Crippen molar-refractivity contribution in [2.75, 3.05) is 0 Å². The number of hydrogen-bond donors (Lipinski definition) is 2. The van der Waals surface area contributed by atoms with Crippen molar-refractivity contribution in [3.05, 3.63) is 52.5 Å². The normalized spacial score (nSPS) is 12.9. The van der Waals surface area contributed by atoms with E-state index >= 15 is 0 Å². The number of amides is 1. The number of carbonyl (C=O) groups is 1. The Balaban J connectivity index is 1.98. The molecule has 1 amide bonds. The molecule has 0 bridgehead atoms. The lowest BCUT2D eigenvalue weighted by Crippen LogP contribution is -2.49. The minimum Gasteiger partial charge on any atom is -0.343 e. The molecule has 1 atom stereocenters. The van der Waals surface area contributed by atoms with Crippen molar-refractivity contribution in [2.24, 2.45) is 5.73 Å². The summed E-state index contributed by atoms with van der Waals surface area (Å²) in [5.74, 6) is -0.158. The Morgan fingerprint density at radius 1 is 1.40 bits per heavy atom. The molecule has 1 unspecified atom stereocenters. The number of benzene rings is 1. The number of thiazole rings is 1. The molecule has 0 spiro atoms. The highest BCUT2D eigenvalue weighted by molar-refractivity contribution is 7.09.